The summed E-state index contributed by atoms with van der Waals surface area (Å²) in [4.78, 5) is 38.2. The molecule has 0 aromatic rings. The molecule has 1 fully saturated rings. The van der Waals surface area contributed by atoms with E-state index in [4.69, 9.17) is 28.0 Å². The molecule has 1 aliphatic heterocycles. The fourth-order valence-corrected chi connectivity index (χ4v) is 8.91. The Morgan fingerprint density at radius 1 is 0.635 bits per heavy atom. The Morgan fingerprint density at radius 2 is 1.11 bits per heavy atom. The molecule has 20 nitrogen and oxygen atoms in total. The van der Waals surface area contributed by atoms with Gasteiger partial charge in [-0.2, -0.15) is 0 Å². The van der Waals surface area contributed by atoms with Crippen molar-refractivity contribution in [3.05, 3.63) is 24.3 Å². The highest BCUT2D eigenvalue weighted by molar-refractivity contribution is 7.45. The minimum absolute atomic E-state index is 0. The molecule has 0 aromatic carbocycles. The van der Waals surface area contributed by atoms with Crippen LogP contribution in [-0.2, 0) is 42.1 Å². The summed E-state index contributed by atoms with van der Waals surface area (Å²) in [5, 5.41) is 83.7. The number of nitrogens with one attached hydrogen (secondary N) is 1. The lowest BCUT2D eigenvalue weighted by Gasteiger charge is -2.42. The first-order chi connectivity index (χ1) is 35.2. The Labute approximate surface area is 443 Å². The van der Waals surface area contributed by atoms with Crippen LogP contribution in [0, 0.1) is 0 Å². The molecule has 0 aromatic heterocycles. The van der Waals surface area contributed by atoms with Gasteiger partial charge in [0.2, 0.25) is 0 Å². The first kappa shape index (κ1) is 72.0. The number of phosphoric ester groups is 1. The number of esters is 2. The SMILES string of the molecule is CCCCCCCCC=CCCCCCCCC(=O)OC[C@H](COP(=O)([O-])OCCNCC(O)C(O)[C@H](O[C@@H]1O[C@H](CO)[C@H](O)[C@H](O)[C@H]1O)[C@H](O)CO)OC(=O)CCCCCCCC=CCCCCCCCC.[NH4+]. The van der Waals surface area contributed by atoms with Crippen LogP contribution in [0.5, 0.6) is 0 Å². The van der Waals surface area contributed by atoms with Crippen LogP contribution >= 0.6 is 7.82 Å². The second kappa shape index (κ2) is 47.1. The quantitative estimate of drug-likeness (QED) is 0.0139. The van der Waals surface area contributed by atoms with E-state index in [2.05, 4.69) is 43.5 Å². The molecular formula is C53H103N2O18P. The Bertz CT molecular complexity index is 1450. The maximum Gasteiger partial charge on any atom is 0.306 e. The van der Waals surface area contributed by atoms with E-state index >= 15 is 0 Å². The minimum Gasteiger partial charge on any atom is -0.756 e. The smallest absolute Gasteiger partial charge is 0.306 e. The molecule has 0 bridgehead atoms. The molecule has 13 N–H and O–H groups in total. The van der Waals surface area contributed by atoms with Gasteiger partial charge >= 0.3 is 11.9 Å². The number of aliphatic hydroxyl groups excluding tert-OH is 8. The molecule has 1 rings (SSSR count). The van der Waals surface area contributed by atoms with E-state index in [9.17, 15) is 59.9 Å². The number of hydrogen-bond acceptors (Lipinski definition) is 19. The number of carbonyl (C=O) groups is 2. The zero-order chi connectivity index (χ0) is 54.0. The lowest BCUT2D eigenvalue weighted by molar-refractivity contribution is -0.327. The normalized spacial score (nSPS) is 21.0. The van der Waals surface area contributed by atoms with Crippen molar-refractivity contribution in [1.82, 2.24) is 11.5 Å². The van der Waals surface area contributed by atoms with Crippen molar-refractivity contribution in [2.24, 2.45) is 0 Å². The summed E-state index contributed by atoms with van der Waals surface area (Å²) >= 11 is 0. The first-order valence-electron chi connectivity index (χ1n) is 27.8. The van der Waals surface area contributed by atoms with Crippen LogP contribution in [0.3, 0.4) is 0 Å². The van der Waals surface area contributed by atoms with Crippen molar-refractivity contribution in [3.63, 3.8) is 0 Å². The summed E-state index contributed by atoms with van der Waals surface area (Å²) in [6.45, 7) is 0.431. The number of phosphoric acid groups is 1. The maximum atomic E-state index is 12.9. The topological polar surface area (TPSA) is 340 Å². The lowest BCUT2D eigenvalue weighted by atomic mass is 9.98. The molecule has 0 saturated carbocycles. The Hall–Kier alpha value is -1.95. The maximum absolute atomic E-state index is 12.9. The lowest BCUT2D eigenvalue weighted by Crippen LogP contribution is -2.61. The van der Waals surface area contributed by atoms with E-state index in [0.29, 0.717) is 12.8 Å². The number of quaternary nitrogens is 1. The highest BCUT2D eigenvalue weighted by atomic mass is 31.2. The largest absolute Gasteiger partial charge is 0.756 e. The van der Waals surface area contributed by atoms with Crippen LogP contribution in [0.4, 0.5) is 0 Å². The average molecular weight is 1090 g/mol. The van der Waals surface area contributed by atoms with Crippen molar-refractivity contribution < 1.29 is 87.9 Å². The van der Waals surface area contributed by atoms with Gasteiger partial charge in [0.15, 0.2) is 12.4 Å². The number of aliphatic hydroxyl groups is 8. The standard InChI is InChI=1S/C53H100NO18P.H3N/c1-3-5-7-9-11-13-15-17-19-21-23-25-27-29-31-33-46(59)67-40-42(70-47(60)34-32-30-28-26-24-22-20-18-16-14-12-10-8-6-4-2)41-69-73(65,66)68-36-35-54-37-43(57)48(61)52(44(58)38-55)72-53-51(64)50(63)49(62)45(39-56)71-53;/h17-20,42-45,48-58,61-64H,3-16,21-41H2,1-2H3,(H,65,66);1H3/t42-,43?,44-,45-,48?,49+,50+,51-,52-,53+;/m1./s1. The predicted octanol–water partition coefficient (Wildman–Crippen LogP) is 6.24. The van der Waals surface area contributed by atoms with Crippen LogP contribution in [-0.4, -0.2) is 160 Å². The summed E-state index contributed by atoms with van der Waals surface area (Å²) in [5.74, 6) is -1.09. The van der Waals surface area contributed by atoms with E-state index < -0.39 is 121 Å². The van der Waals surface area contributed by atoms with Crippen molar-refractivity contribution in [2.45, 2.75) is 255 Å². The van der Waals surface area contributed by atoms with Gasteiger partial charge in [0.1, 0.15) is 49.3 Å². The predicted molar refractivity (Wildman–Crippen MR) is 282 cm³/mol. The van der Waals surface area contributed by atoms with Gasteiger partial charge in [0.25, 0.3) is 7.82 Å². The van der Waals surface area contributed by atoms with Gasteiger partial charge < -0.3 is 85.2 Å². The van der Waals surface area contributed by atoms with Crippen molar-refractivity contribution >= 4 is 19.8 Å². The number of ether oxygens (including phenoxy) is 4. The van der Waals surface area contributed by atoms with Crippen molar-refractivity contribution in [3.8, 4) is 0 Å². The molecule has 0 aliphatic carbocycles. The average Bonchev–Trinajstić information content (AvgIpc) is 3.37. The molecule has 74 heavy (non-hydrogen) atoms. The van der Waals surface area contributed by atoms with E-state index in [-0.39, 0.29) is 25.5 Å². The third-order valence-electron chi connectivity index (χ3n) is 12.8. The van der Waals surface area contributed by atoms with Crippen LogP contribution in [0.15, 0.2) is 24.3 Å². The van der Waals surface area contributed by atoms with Crippen molar-refractivity contribution in [2.75, 3.05) is 46.1 Å². The van der Waals surface area contributed by atoms with Crippen LogP contribution in [0.25, 0.3) is 0 Å². The number of hydrogen-bond donors (Lipinski definition) is 10. The van der Waals surface area contributed by atoms with E-state index in [0.717, 1.165) is 77.0 Å². The van der Waals surface area contributed by atoms with E-state index in [1.165, 1.54) is 77.0 Å². The fraction of sp³-hybridized carbons (Fsp3) is 0.887. The molecule has 438 valence electrons. The zero-order valence-electron chi connectivity index (χ0n) is 45.4. The summed E-state index contributed by atoms with van der Waals surface area (Å²) < 4.78 is 44.2. The van der Waals surface area contributed by atoms with Gasteiger partial charge in [-0.25, -0.2) is 0 Å². The molecule has 11 atom stereocenters. The van der Waals surface area contributed by atoms with Crippen molar-refractivity contribution in [1.29, 1.82) is 0 Å². The molecule has 1 aliphatic rings. The van der Waals surface area contributed by atoms with E-state index in [1.54, 1.807) is 0 Å². The number of carbonyl (C=O) groups excluding carboxylic acids is 2. The number of rotatable bonds is 49. The molecule has 21 heteroatoms. The molecule has 0 spiro atoms. The molecular weight excluding hydrogens is 984 g/mol. The molecule has 0 radical (unpaired) electrons. The van der Waals surface area contributed by atoms with Gasteiger partial charge in [-0.1, -0.05) is 141 Å². The highest BCUT2D eigenvalue weighted by Gasteiger charge is 2.46. The summed E-state index contributed by atoms with van der Waals surface area (Å²) in [5.41, 5.74) is 0. The monoisotopic (exact) mass is 1090 g/mol. The van der Waals surface area contributed by atoms with Crippen LogP contribution in [0.2, 0.25) is 0 Å². The first-order valence-corrected chi connectivity index (χ1v) is 29.2. The number of unbranched alkanes of at least 4 members (excludes halogenated alkanes) is 22. The fourth-order valence-electron chi connectivity index (χ4n) is 8.17. The second-order valence-corrected chi connectivity index (χ2v) is 20.8. The second-order valence-electron chi connectivity index (χ2n) is 19.3. The van der Waals surface area contributed by atoms with Gasteiger partial charge in [-0.3, -0.25) is 14.2 Å². The molecule has 0 amide bonds. The van der Waals surface area contributed by atoms with E-state index in [1.807, 2.05) is 0 Å². The zero-order valence-corrected chi connectivity index (χ0v) is 46.3. The third-order valence-corrected chi connectivity index (χ3v) is 13.7. The molecule has 1 heterocycles. The summed E-state index contributed by atoms with van der Waals surface area (Å²) in [6.07, 6.45) is 21.0. The Kier molecular flexibility index (Phi) is 45.8. The Balaban J connectivity index is 0.0000533. The van der Waals surface area contributed by atoms with Gasteiger partial charge in [-0.05, 0) is 64.2 Å². The summed E-state index contributed by atoms with van der Waals surface area (Å²) in [7, 11) is -5.01. The van der Waals surface area contributed by atoms with Crippen LogP contribution < -0.4 is 16.4 Å². The van der Waals surface area contributed by atoms with Crippen LogP contribution in [0.1, 0.15) is 194 Å². The van der Waals surface area contributed by atoms with Gasteiger partial charge in [0, 0.05) is 25.9 Å². The minimum atomic E-state index is -5.01. The van der Waals surface area contributed by atoms with Gasteiger partial charge in [0.05, 0.1) is 32.5 Å². The van der Waals surface area contributed by atoms with Gasteiger partial charge in [-0.15, -0.1) is 0 Å². The Morgan fingerprint density at radius 3 is 1.59 bits per heavy atom. The molecule has 1 saturated heterocycles. The molecule has 3 unspecified atom stereocenters. The third kappa shape index (κ3) is 36.2. The summed E-state index contributed by atoms with van der Waals surface area (Å²) in [6, 6.07) is 0. The number of allylic oxidation sites excluding steroid dienone is 4. The highest BCUT2D eigenvalue weighted by Crippen LogP contribution is 2.38.